The van der Waals surface area contributed by atoms with Crippen LogP contribution in [0.1, 0.15) is 12.8 Å². The van der Waals surface area contributed by atoms with E-state index in [1.165, 1.54) is 25.9 Å². The van der Waals surface area contributed by atoms with Gasteiger partial charge in [-0.2, -0.15) is 0 Å². The smallest absolute Gasteiger partial charge is 0.156 e. The molecule has 0 radical (unpaired) electrons. The minimum Gasteiger partial charge on any atom is -0.489 e. The lowest BCUT2D eigenvalue weighted by molar-refractivity contribution is 0.138. The largest absolute Gasteiger partial charge is 0.489 e. The standard InChI is InChI=1S/C15H20Cl2N2O/c16-12-2-1-3-13(17)15(12)20-9-8-19-7-5-14-11(10-19)4-6-18-14/h1-3,11,14,18H,4-10H2. The second kappa shape index (κ2) is 6.52. The van der Waals surface area contributed by atoms with Gasteiger partial charge >= 0.3 is 0 Å². The van der Waals surface area contributed by atoms with E-state index in [-0.39, 0.29) is 0 Å². The summed E-state index contributed by atoms with van der Waals surface area (Å²) in [7, 11) is 0. The van der Waals surface area contributed by atoms with E-state index < -0.39 is 0 Å². The van der Waals surface area contributed by atoms with E-state index in [0.717, 1.165) is 25.0 Å². The first-order valence-electron chi connectivity index (χ1n) is 7.26. The highest BCUT2D eigenvalue weighted by molar-refractivity contribution is 6.37. The van der Waals surface area contributed by atoms with Gasteiger partial charge < -0.3 is 10.1 Å². The molecule has 2 fully saturated rings. The number of para-hydroxylation sites is 1. The lowest BCUT2D eigenvalue weighted by atomic mass is 9.93. The van der Waals surface area contributed by atoms with Crippen LogP contribution in [0, 0.1) is 5.92 Å². The third kappa shape index (κ3) is 3.22. The van der Waals surface area contributed by atoms with Gasteiger partial charge in [-0.1, -0.05) is 29.3 Å². The molecule has 2 unspecified atom stereocenters. The van der Waals surface area contributed by atoms with E-state index in [0.29, 0.717) is 22.4 Å². The summed E-state index contributed by atoms with van der Waals surface area (Å²) >= 11 is 12.2. The number of likely N-dealkylation sites (tertiary alicyclic amines) is 1. The van der Waals surface area contributed by atoms with Gasteiger partial charge in [-0.15, -0.1) is 0 Å². The number of benzene rings is 1. The molecule has 1 aromatic rings. The molecule has 2 heterocycles. The molecule has 0 amide bonds. The van der Waals surface area contributed by atoms with Gasteiger partial charge in [-0.05, 0) is 44.0 Å². The Morgan fingerprint density at radius 3 is 2.85 bits per heavy atom. The molecule has 2 aliphatic rings. The topological polar surface area (TPSA) is 24.5 Å². The highest BCUT2D eigenvalue weighted by Gasteiger charge is 2.32. The summed E-state index contributed by atoms with van der Waals surface area (Å²) < 4.78 is 5.76. The van der Waals surface area contributed by atoms with Crippen molar-refractivity contribution >= 4 is 23.2 Å². The van der Waals surface area contributed by atoms with Crippen molar-refractivity contribution in [2.45, 2.75) is 18.9 Å². The van der Waals surface area contributed by atoms with Crippen LogP contribution in [0.25, 0.3) is 0 Å². The normalized spacial score (nSPS) is 26.5. The first kappa shape index (κ1) is 14.5. The van der Waals surface area contributed by atoms with Crippen molar-refractivity contribution in [1.29, 1.82) is 0 Å². The number of piperidine rings is 1. The number of hydrogen-bond acceptors (Lipinski definition) is 3. The SMILES string of the molecule is Clc1cccc(Cl)c1OCCN1CCC2NCCC2C1. The molecule has 2 atom stereocenters. The third-order valence-corrected chi connectivity index (χ3v) is 4.91. The van der Waals surface area contributed by atoms with Gasteiger partial charge in [0.1, 0.15) is 6.61 Å². The Labute approximate surface area is 130 Å². The first-order valence-corrected chi connectivity index (χ1v) is 8.02. The Morgan fingerprint density at radius 1 is 1.25 bits per heavy atom. The average molecular weight is 315 g/mol. The zero-order valence-electron chi connectivity index (χ0n) is 11.4. The van der Waals surface area contributed by atoms with Crippen molar-refractivity contribution < 1.29 is 4.74 Å². The second-order valence-corrected chi connectivity index (χ2v) is 6.41. The fraction of sp³-hybridized carbons (Fsp3) is 0.600. The molecule has 0 bridgehead atoms. The number of nitrogens with zero attached hydrogens (tertiary/aromatic N) is 1. The molecule has 110 valence electrons. The molecular weight excluding hydrogens is 295 g/mol. The summed E-state index contributed by atoms with van der Waals surface area (Å²) in [6.07, 6.45) is 2.55. The number of hydrogen-bond donors (Lipinski definition) is 1. The Hall–Kier alpha value is -0.480. The number of fused-ring (bicyclic) bond motifs is 1. The predicted octanol–water partition coefficient (Wildman–Crippen LogP) is 3.06. The Balaban J connectivity index is 1.48. The summed E-state index contributed by atoms with van der Waals surface area (Å²) in [5.41, 5.74) is 0. The van der Waals surface area contributed by atoms with E-state index in [9.17, 15) is 0 Å². The van der Waals surface area contributed by atoms with Crippen LogP contribution in [-0.4, -0.2) is 43.7 Å². The molecule has 5 heteroatoms. The van der Waals surface area contributed by atoms with Gasteiger partial charge in [0.25, 0.3) is 0 Å². The van der Waals surface area contributed by atoms with Gasteiger partial charge in [-0.3, -0.25) is 4.90 Å². The van der Waals surface area contributed by atoms with Crippen molar-refractivity contribution in [2.24, 2.45) is 5.92 Å². The maximum absolute atomic E-state index is 6.09. The zero-order valence-corrected chi connectivity index (χ0v) is 13.0. The number of halogens is 2. The molecule has 20 heavy (non-hydrogen) atoms. The van der Waals surface area contributed by atoms with Crippen molar-refractivity contribution in [3.63, 3.8) is 0 Å². The Kier molecular flexibility index (Phi) is 4.72. The molecular formula is C15H20Cl2N2O. The summed E-state index contributed by atoms with van der Waals surface area (Å²) in [4.78, 5) is 2.49. The third-order valence-electron chi connectivity index (χ3n) is 4.31. The van der Waals surface area contributed by atoms with Crippen molar-refractivity contribution in [2.75, 3.05) is 32.8 Å². The highest BCUT2D eigenvalue weighted by Crippen LogP contribution is 2.32. The Morgan fingerprint density at radius 2 is 2.05 bits per heavy atom. The Bertz CT molecular complexity index is 449. The van der Waals surface area contributed by atoms with E-state index in [4.69, 9.17) is 27.9 Å². The highest BCUT2D eigenvalue weighted by atomic mass is 35.5. The van der Waals surface area contributed by atoms with Crippen LogP contribution in [0.2, 0.25) is 10.0 Å². The van der Waals surface area contributed by atoms with Gasteiger partial charge in [-0.25, -0.2) is 0 Å². The minimum atomic E-state index is 0.580. The van der Waals surface area contributed by atoms with Gasteiger partial charge in [0.15, 0.2) is 5.75 Å². The van der Waals surface area contributed by atoms with Gasteiger partial charge in [0.2, 0.25) is 0 Å². The second-order valence-electron chi connectivity index (χ2n) is 5.60. The molecule has 2 aliphatic heterocycles. The molecule has 0 aromatic heterocycles. The molecule has 1 N–H and O–H groups in total. The van der Waals surface area contributed by atoms with Crippen LogP contribution in [0.5, 0.6) is 5.75 Å². The van der Waals surface area contributed by atoms with Crippen molar-refractivity contribution in [1.82, 2.24) is 10.2 Å². The monoisotopic (exact) mass is 314 g/mol. The molecule has 2 saturated heterocycles. The summed E-state index contributed by atoms with van der Waals surface area (Å²) in [5.74, 6) is 1.42. The van der Waals surface area contributed by atoms with Crippen LogP contribution >= 0.6 is 23.2 Å². The van der Waals surface area contributed by atoms with Gasteiger partial charge in [0, 0.05) is 19.1 Å². The molecule has 3 rings (SSSR count). The number of ether oxygens (including phenoxy) is 1. The van der Waals surface area contributed by atoms with E-state index >= 15 is 0 Å². The van der Waals surface area contributed by atoms with Crippen molar-refractivity contribution in [3.8, 4) is 5.75 Å². The molecule has 0 saturated carbocycles. The number of nitrogens with one attached hydrogen (secondary N) is 1. The molecule has 0 aliphatic carbocycles. The van der Waals surface area contributed by atoms with E-state index in [1.807, 2.05) is 6.07 Å². The summed E-state index contributed by atoms with van der Waals surface area (Å²) in [6, 6.07) is 6.18. The summed E-state index contributed by atoms with van der Waals surface area (Å²) in [5, 5.41) is 4.74. The maximum atomic E-state index is 6.09. The number of rotatable bonds is 4. The first-order chi connectivity index (χ1) is 9.74. The van der Waals surface area contributed by atoms with E-state index in [1.54, 1.807) is 12.1 Å². The lowest BCUT2D eigenvalue weighted by Crippen LogP contribution is -2.45. The average Bonchev–Trinajstić information content (AvgIpc) is 2.89. The quantitative estimate of drug-likeness (QED) is 0.924. The maximum Gasteiger partial charge on any atom is 0.156 e. The predicted molar refractivity (Wildman–Crippen MR) is 82.9 cm³/mol. The minimum absolute atomic E-state index is 0.580. The zero-order chi connectivity index (χ0) is 13.9. The van der Waals surface area contributed by atoms with Crippen LogP contribution in [0.3, 0.4) is 0 Å². The fourth-order valence-corrected chi connectivity index (χ4v) is 3.73. The van der Waals surface area contributed by atoms with Crippen LogP contribution in [-0.2, 0) is 0 Å². The van der Waals surface area contributed by atoms with Crippen LogP contribution in [0.4, 0.5) is 0 Å². The fourth-order valence-electron chi connectivity index (χ4n) is 3.22. The molecule has 1 aromatic carbocycles. The van der Waals surface area contributed by atoms with Crippen LogP contribution in [0.15, 0.2) is 18.2 Å². The summed E-state index contributed by atoms with van der Waals surface area (Å²) in [6.45, 7) is 5.07. The van der Waals surface area contributed by atoms with Gasteiger partial charge in [0.05, 0.1) is 10.0 Å². The lowest BCUT2D eigenvalue weighted by Gasteiger charge is -2.34. The van der Waals surface area contributed by atoms with Crippen molar-refractivity contribution in [3.05, 3.63) is 28.2 Å². The van der Waals surface area contributed by atoms with E-state index in [2.05, 4.69) is 10.2 Å². The molecule has 3 nitrogen and oxygen atoms in total. The van der Waals surface area contributed by atoms with Crippen LogP contribution < -0.4 is 10.1 Å². The molecule has 0 spiro atoms.